The predicted octanol–water partition coefficient (Wildman–Crippen LogP) is 2.83. The molecule has 0 radical (unpaired) electrons. The molecule has 2 aromatic rings. The fraction of sp³-hybridized carbons (Fsp3) is 0.467. The summed E-state index contributed by atoms with van der Waals surface area (Å²) in [5, 5.41) is 4.90. The quantitative estimate of drug-likeness (QED) is 0.867. The zero-order chi connectivity index (χ0) is 12.4. The maximum atomic E-state index is 5.50. The first kappa shape index (κ1) is 11.8. The van der Waals surface area contributed by atoms with Gasteiger partial charge in [-0.1, -0.05) is 6.07 Å². The average Bonchev–Trinajstić information content (AvgIpc) is 3.04. The molecule has 0 amide bonds. The first-order chi connectivity index (χ1) is 8.86. The molecule has 0 aliphatic heterocycles. The van der Waals surface area contributed by atoms with Crippen molar-refractivity contribution in [2.24, 2.45) is 0 Å². The van der Waals surface area contributed by atoms with Gasteiger partial charge in [-0.2, -0.15) is 0 Å². The van der Waals surface area contributed by atoms with Gasteiger partial charge in [0.15, 0.2) is 0 Å². The molecule has 2 N–H and O–H groups in total. The number of fused-ring (bicyclic) bond motifs is 1. The molecule has 1 fully saturated rings. The summed E-state index contributed by atoms with van der Waals surface area (Å²) in [4.78, 5) is 3.22. The van der Waals surface area contributed by atoms with E-state index < -0.39 is 0 Å². The van der Waals surface area contributed by atoms with E-state index in [9.17, 15) is 0 Å². The molecule has 1 aromatic heterocycles. The molecule has 3 nitrogen and oxygen atoms in total. The number of nitrogens with one attached hydrogen (secondary N) is 2. The first-order valence-corrected chi connectivity index (χ1v) is 6.69. The number of hydrogen-bond donors (Lipinski definition) is 2. The predicted molar refractivity (Wildman–Crippen MR) is 73.6 cm³/mol. The van der Waals surface area contributed by atoms with Crippen LogP contribution in [0.5, 0.6) is 0 Å². The van der Waals surface area contributed by atoms with E-state index in [1.54, 1.807) is 0 Å². The summed E-state index contributed by atoms with van der Waals surface area (Å²) in [5.41, 5.74) is 2.54. The van der Waals surface area contributed by atoms with Gasteiger partial charge in [-0.3, -0.25) is 0 Å². The minimum absolute atomic E-state index is 0.390. The van der Waals surface area contributed by atoms with Gasteiger partial charge < -0.3 is 15.0 Å². The van der Waals surface area contributed by atoms with Crippen LogP contribution in [0.2, 0.25) is 0 Å². The first-order valence-electron chi connectivity index (χ1n) is 6.69. The Kier molecular flexibility index (Phi) is 3.35. The number of rotatable bonds is 4. The van der Waals surface area contributed by atoms with Crippen molar-refractivity contribution in [2.45, 2.75) is 38.0 Å². The van der Waals surface area contributed by atoms with Gasteiger partial charge in [0.25, 0.3) is 0 Å². The van der Waals surface area contributed by atoms with E-state index >= 15 is 0 Å². The van der Waals surface area contributed by atoms with Crippen LogP contribution in [0.15, 0.2) is 30.5 Å². The third-order valence-corrected chi connectivity index (χ3v) is 3.94. The monoisotopic (exact) mass is 244 g/mol. The second kappa shape index (κ2) is 5.12. The third kappa shape index (κ3) is 2.28. The molecule has 2 unspecified atom stereocenters. The van der Waals surface area contributed by atoms with Gasteiger partial charge in [0.1, 0.15) is 0 Å². The van der Waals surface area contributed by atoms with E-state index in [1.165, 1.54) is 35.7 Å². The Labute approximate surface area is 108 Å². The molecule has 0 saturated heterocycles. The molecule has 96 valence electrons. The maximum Gasteiger partial charge on any atom is 0.0724 e. The van der Waals surface area contributed by atoms with Crippen LogP contribution < -0.4 is 5.32 Å². The third-order valence-electron chi connectivity index (χ3n) is 3.94. The number of ether oxygens (including phenoxy) is 1. The van der Waals surface area contributed by atoms with Crippen molar-refractivity contribution >= 4 is 10.9 Å². The number of methoxy groups -OCH3 is 1. The highest BCUT2D eigenvalue weighted by Gasteiger charge is 2.26. The second-order valence-electron chi connectivity index (χ2n) is 5.09. The molecule has 1 aromatic carbocycles. The smallest absolute Gasteiger partial charge is 0.0724 e. The van der Waals surface area contributed by atoms with Crippen LogP contribution in [0.25, 0.3) is 10.9 Å². The molecule has 2 atom stereocenters. The lowest BCUT2D eigenvalue weighted by Crippen LogP contribution is -2.36. The number of aromatic nitrogens is 1. The Balaban J connectivity index is 1.65. The summed E-state index contributed by atoms with van der Waals surface area (Å²) in [5.74, 6) is 0. The van der Waals surface area contributed by atoms with Crippen molar-refractivity contribution in [1.82, 2.24) is 10.3 Å². The molecule has 1 saturated carbocycles. The number of H-pyrrole nitrogens is 1. The van der Waals surface area contributed by atoms with E-state index in [-0.39, 0.29) is 0 Å². The molecule has 1 aliphatic rings. The van der Waals surface area contributed by atoms with Crippen LogP contribution in [-0.4, -0.2) is 24.2 Å². The van der Waals surface area contributed by atoms with Gasteiger partial charge in [-0.15, -0.1) is 0 Å². The topological polar surface area (TPSA) is 37.0 Å². The molecule has 0 spiro atoms. The fourth-order valence-electron chi connectivity index (χ4n) is 2.90. The summed E-state index contributed by atoms with van der Waals surface area (Å²) >= 11 is 0. The van der Waals surface area contributed by atoms with Crippen molar-refractivity contribution in [3.63, 3.8) is 0 Å². The largest absolute Gasteiger partial charge is 0.380 e. The van der Waals surface area contributed by atoms with E-state index in [2.05, 4.69) is 34.6 Å². The van der Waals surface area contributed by atoms with Crippen LogP contribution in [0, 0.1) is 0 Å². The zero-order valence-corrected chi connectivity index (χ0v) is 10.8. The van der Waals surface area contributed by atoms with E-state index in [4.69, 9.17) is 4.74 Å². The average molecular weight is 244 g/mol. The molecule has 1 aliphatic carbocycles. The van der Waals surface area contributed by atoms with Crippen LogP contribution in [0.3, 0.4) is 0 Å². The van der Waals surface area contributed by atoms with Crippen molar-refractivity contribution in [1.29, 1.82) is 0 Å². The van der Waals surface area contributed by atoms with E-state index in [0.29, 0.717) is 12.1 Å². The van der Waals surface area contributed by atoms with Gasteiger partial charge in [0.2, 0.25) is 0 Å². The second-order valence-corrected chi connectivity index (χ2v) is 5.09. The van der Waals surface area contributed by atoms with E-state index in [0.717, 1.165) is 6.54 Å². The van der Waals surface area contributed by atoms with Crippen molar-refractivity contribution < 1.29 is 4.74 Å². The lowest BCUT2D eigenvalue weighted by Gasteiger charge is -2.19. The highest BCUT2D eigenvalue weighted by atomic mass is 16.5. The summed E-state index contributed by atoms with van der Waals surface area (Å²) in [6, 6.07) is 9.20. The zero-order valence-electron chi connectivity index (χ0n) is 10.8. The molecule has 18 heavy (non-hydrogen) atoms. The minimum atomic E-state index is 0.390. The molecule has 3 rings (SSSR count). The van der Waals surface area contributed by atoms with Gasteiger partial charge >= 0.3 is 0 Å². The Morgan fingerprint density at radius 2 is 2.28 bits per heavy atom. The standard InChI is InChI=1S/C15H20N2O/c1-18-15-4-2-3-14(15)17-10-11-5-6-13-12(9-11)7-8-16-13/h5-9,14-17H,2-4,10H2,1H3. The molecular weight excluding hydrogens is 224 g/mol. The maximum absolute atomic E-state index is 5.50. The van der Waals surface area contributed by atoms with Crippen molar-refractivity contribution in [2.75, 3.05) is 7.11 Å². The Morgan fingerprint density at radius 1 is 1.33 bits per heavy atom. The van der Waals surface area contributed by atoms with Crippen LogP contribution in [0.1, 0.15) is 24.8 Å². The van der Waals surface area contributed by atoms with Crippen molar-refractivity contribution in [3.8, 4) is 0 Å². The lowest BCUT2D eigenvalue weighted by atomic mass is 10.1. The molecular formula is C15H20N2O. The summed E-state index contributed by atoms with van der Waals surface area (Å²) in [6.07, 6.45) is 6.06. The van der Waals surface area contributed by atoms with Crippen LogP contribution >= 0.6 is 0 Å². The molecule has 3 heteroatoms. The van der Waals surface area contributed by atoms with Gasteiger partial charge in [0.05, 0.1) is 6.10 Å². The summed E-state index contributed by atoms with van der Waals surface area (Å²) < 4.78 is 5.50. The van der Waals surface area contributed by atoms with E-state index in [1.807, 2.05) is 13.3 Å². The highest BCUT2D eigenvalue weighted by Crippen LogP contribution is 2.22. The Hall–Kier alpha value is -1.32. The number of hydrogen-bond acceptors (Lipinski definition) is 2. The Bertz CT molecular complexity index is 520. The van der Waals surface area contributed by atoms with Gasteiger partial charge in [-0.05, 0) is 48.4 Å². The highest BCUT2D eigenvalue weighted by molar-refractivity contribution is 5.79. The SMILES string of the molecule is COC1CCCC1NCc1ccc2[nH]ccc2c1. The van der Waals surface area contributed by atoms with Crippen LogP contribution in [0.4, 0.5) is 0 Å². The lowest BCUT2D eigenvalue weighted by molar-refractivity contribution is 0.0847. The molecule has 1 heterocycles. The van der Waals surface area contributed by atoms with Gasteiger partial charge in [0, 0.05) is 31.4 Å². The van der Waals surface area contributed by atoms with Gasteiger partial charge in [-0.25, -0.2) is 0 Å². The fourth-order valence-corrected chi connectivity index (χ4v) is 2.90. The summed E-state index contributed by atoms with van der Waals surface area (Å²) in [7, 11) is 1.82. The minimum Gasteiger partial charge on any atom is -0.380 e. The number of benzene rings is 1. The molecule has 0 bridgehead atoms. The number of aromatic amines is 1. The normalized spacial score (nSPS) is 23.8. The Morgan fingerprint density at radius 3 is 3.17 bits per heavy atom. The van der Waals surface area contributed by atoms with Crippen LogP contribution in [-0.2, 0) is 11.3 Å². The summed E-state index contributed by atoms with van der Waals surface area (Å²) in [6.45, 7) is 0.922. The van der Waals surface area contributed by atoms with Crippen molar-refractivity contribution in [3.05, 3.63) is 36.0 Å².